The minimum absolute atomic E-state index is 0.259. The number of carbonyl (C=O) groups excluding carboxylic acids is 4. The van der Waals surface area contributed by atoms with Gasteiger partial charge in [-0.25, -0.2) is 19.2 Å². The first-order valence-electron chi connectivity index (χ1n) is 7.96. The Morgan fingerprint density at radius 3 is 1.89 bits per heavy atom. The molecule has 2 rings (SSSR count). The third kappa shape index (κ3) is 2.90. The molecule has 0 unspecified atom stereocenters. The molecule has 0 amide bonds. The number of esters is 4. The molecular weight excluding hydrogens is 370 g/mol. The Labute approximate surface area is 161 Å². The summed E-state index contributed by atoms with van der Waals surface area (Å²) in [4.78, 5) is 51.8. The molecule has 2 aliphatic heterocycles. The Morgan fingerprint density at radius 1 is 0.857 bits per heavy atom. The molecule has 148 valence electrons. The van der Waals surface area contributed by atoms with Crippen LogP contribution in [-0.4, -0.2) is 62.8 Å². The Bertz CT molecular complexity index is 876. The topological polar surface area (TPSA) is 108 Å². The molecule has 0 fully saturated rings. The first-order chi connectivity index (χ1) is 13.3. The summed E-state index contributed by atoms with van der Waals surface area (Å²) in [6, 6.07) is 0. The largest absolute Gasteiger partial charge is 0.466 e. The summed E-state index contributed by atoms with van der Waals surface area (Å²) in [5.41, 5.74) is -3.04. The van der Waals surface area contributed by atoms with E-state index in [1.165, 1.54) is 23.3 Å². The van der Waals surface area contributed by atoms with E-state index in [2.05, 4.69) is 6.58 Å². The van der Waals surface area contributed by atoms with Crippen molar-refractivity contribution in [3.8, 4) is 0 Å². The Morgan fingerprint density at radius 2 is 1.39 bits per heavy atom. The van der Waals surface area contributed by atoms with E-state index in [0.29, 0.717) is 0 Å². The van der Waals surface area contributed by atoms with Gasteiger partial charge in [0.1, 0.15) is 16.8 Å². The fourth-order valence-corrected chi connectivity index (χ4v) is 3.11. The standard InChI is InChI=1S/C19H19NO8/c1-6-19-9-7-8-10-20(19)14(18(24)28-5)12(16(22)26-3)11(15(21)25-2)13(19)17(23)27-4/h6-10H,1H2,2-5H3/t19-/m1/s1. The molecule has 2 aliphatic rings. The molecule has 0 aromatic carbocycles. The van der Waals surface area contributed by atoms with E-state index in [-0.39, 0.29) is 11.3 Å². The van der Waals surface area contributed by atoms with Crippen LogP contribution in [0.5, 0.6) is 0 Å². The van der Waals surface area contributed by atoms with E-state index in [1.54, 1.807) is 12.2 Å². The van der Waals surface area contributed by atoms with Gasteiger partial charge in [0, 0.05) is 6.20 Å². The van der Waals surface area contributed by atoms with Crippen LogP contribution >= 0.6 is 0 Å². The molecular formula is C19H19NO8. The minimum Gasteiger partial charge on any atom is -0.466 e. The highest BCUT2D eigenvalue weighted by Gasteiger charge is 2.52. The highest BCUT2D eigenvalue weighted by Crippen LogP contribution is 2.44. The second-order valence-electron chi connectivity index (χ2n) is 5.54. The van der Waals surface area contributed by atoms with Crippen LogP contribution in [0.25, 0.3) is 0 Å². The van der Waals surface area contributed by atoms with Gasteiger partial charge in [0.25, 0.3) is 0 Å². The summed E-state index contributed by atoms with van der Waals surface area (Å²) < 4.78 is 19.2. The van der Waals surface area contributed by atoms with Gasteiger partial charge in [-0.3, -0.25) is 0 Å². The average molecular weight is 389 g/mol. The van der Waals surface area contributed by atoms with Gasteiger partial charge >= 0.3 is 23.9 Å². The number of ether oxygens (including phenoxy) is 4. The fraction of sp³-hybridized carbons (Fsp3) is 0.263. The van der Waals surface area contributed by atoms with Gasteiger partial charge in [-0.05, 0) is 12.2 Å². The van der Waals surface area contributed by atoms with Crippen LogP contribution in [0.4, 0.5) is 0 Å². The number of fused-ring (bicyclic) bond motifs is 1. The number of nitrogens with zero attached hydrogens (tertiary/aromatic N) is 1. The lowest BCUT2D eigenvalue weighted by atomic mass is 9.76. The minimum atomic E-state index is -1.51. The van der Waals surface area contributed by atoms with Crippen molar-refractivity contribution in [3.63, 3.8) is 0 Å². The predicted molar refractivity (Wildman–Crippen MR) is 95.2 cm³/mol. The smallest absolute Gasteiger partial charge is 0.355 e. The zero-order chi connectivity index (χ0) is 21.1. The Kier molecular flexibility index (Phi) is 5.87. The second-order valence-corrected chi connectivity index (χ2v) is 5.54. The van der Waals surface area contributed by atoms with Crippen molar-refractivity contribution in [1.29, 1.82) is 0 Å². The van der Waals surface area contributed by atoms with E-state index < -0.39 is 40.6 Å². The number of carbonyl (C=O) groups is 4. The number of hydrogen-bond donors (Lipinski definition) is 0. The maximum atomic E-state index is 12.7. The quantitative estimate of drug-likeness (QED) is 0.378. The second kappa shape index (κ2) is 7.95. The summed E-state index contributed by atoms with van der Waals surface area (Å²) in [5, 5.41) is 0. The third-order valence-corrected chi connectivity index (χ3v) is 4.33. The maximum Gasteiger partial charge on any atom is 0.355 e. The van der Waals surface area contributed by atoms with Crippen molar-refractivity contribution in [1.82, 2.24) is 4.90 Å². The van der Waals surface area contributed by atoms with Gasteiger partial charge in [-0.1, -0.05) is 12.2 Å². The van der Waals surface area contributed by atoms with Crippen molar-refractivity contribution < 1.29 is 38.1 Å². The third-order valence-electron chi connectivity index (χ3n) is 4.33. The highest BCUT2D eigenvalue weighted by atomic mass is 16.5. The van der Waals surface area contributed by atoms with Gasteiger partial charge in [0.15, 0.2) is 0 Å². The van der Waals surface area contributed by atoms with Gasteiger partial charge in [0.05, 0.1) is 39.6 Å². The van der Waals surface area contributed by atoms with E-state index >= 15 is 0 Å². The molecule has 0 spiro atoms. The summed E-state index contributed by atoms with van der Waals surface area (Å²) >= 11 is 0. The zero-order valence-corrected chi connectivity index (χ0v) is 15.8. The van der Waals surface area contributed by atoms with Gasteiger partial charge in [-0.15, -0.1) is 6.58 Å². The molecule has 9 heteroatoms. The number of allylic oxidation sites excluding steroid dienone is 2. The highest BCUT2D eigenvalue weighted by molar-refractivity contribution is 6.17. The van der Waals surface area contributed by atoms with E-state index in [9.17, 15) is 19.2 Å². The molecule has 0 aliphatic carbocycles. The maximum absolute atomic E-state index is 12.7. The summed E-state index contributed by atoms with van der Waals surface area (Å²) in [6.45, 7) is 3.74. The lowest BCUT2D eigenvalue weighted by Crippen LogP contribution is -2.53. The monoisotopic (exact) mass is 389 g/mol. The molecule has 0 saturated heterocycles. The molecule has 0 aromatic heterocycles. The lowest BCUT2D eigenvalue weighted by molar-refractivity contribution is -0.143. The van der Waals surface area contributed by atoms with Crippen LogP contribution < -0.4 is 0 Å². The Balaban J connectivity index is 3.11. The first-order valence-corrected chi connectivity index (χ1v) is 7.96. The fourth-order valence-electron chi connectivity index (χ4n) is 3.11. The van der Waals surface area contributed by atoms with Crippen LogP contribution in [0.3, 0.4) is 0 Å². The molecule has 1 atom stereocenters. The SMILES string of the molecule is C=C[C@]12C=CC=CN1C(C(=O)OC)=C(C(=O)OC)C(C(=O)OC)=C2C(=O)OC. The molecule has 9 nitrogen and oxygen atoms in total. The number of hydrogen-bond acceptors (Lipinski definition) is 9. The van der Waals surface area contributed by atoms with Crippen molar-refractivity contribution in [2.45, 2.75) is 5.54 Å². The van der Waals surface area contributed by atoms with Crippen molar-refractivity contribution in [3.05, 3.63) is 59.5 Å². The van der Waals surface area contributed by atoms with E-state index in [1.807, 2.05) is 0 Å². The number of methoxy groups -OCH3 is 4. The van der Waals surface area contributed by atoms with Crippen LogP contribution in [0, 0.1) is 0 Å². The first kappa shape index (κ1) is 20.7. The summed E-state index contributed by atoms with van der Waals surface area (Å²) in [7, 11) is 4.37. The average Bonchev–Trinajstić information content (AvgIpc) is 2.74. The van der Waals surface area contributed by atoms with Crippen LogP contribution in [0.15, 0.2) is 59.5 Å². The lowest BCUT2D eigenvalue weighted by Gasteiger charge is -2.45. The predicted octanol–water partition coefficient (Wildman–Crippen LogP) is 0.553. The van der Waals surface area contributed by atoms with Crippen molar-refractivity contribution in [2.24, 2.45) is 0 Å². The summed E-state index contributed by atoms with van der Waals surface area (Å²) in [6.07, 6.45) is 7.45. The Hall–Kier alpha value is -3.62. The molecule has 0 N–H and O–H groups in total. The number of rotatable bonds is 5. The molecule has 2 heterocycles. The van der Waals surface area contributed by atoms with Gasteiger partial charge < -0.3 is 23.8 Å². The van der Waals surface area contributed by atoms with E-state index in [4.69, 9.17) is 18.9 Å². The van der Waals surface area contributed by atoms with Crippen LogP contribution in [0.2, 0.25) is 0 Å². The van der Waals surface area contributed by atoms with Crippen LogP contribution in [0.1, 0.15) is 0 Å². The molecule has 28 heavy (non-hydrogen) atoms. The molecule has 0 saturated carbocycles. The summed E-state index contributed by atoms with van der Waals surface area (Å²) in [5.74, 6) is -3.93. The molecule has 0 radical (unpaired) electrons. The molecule has 0 aromatic rings. The normalized spacial score (nSPS) is 20.4. The zero-order valence-electron chi connectivity index (χ0n) is 15.8. The van der Waals surface area contributed by atoms with E-state index in [0.717, 1.165) is 28.4 Å². The molecule has 0 bridgehead atoms. The van der Waals surface area contributed by atoms with Crippen molar-refractivity contribution >= 4 is 23.9 Å². The van der Waals surface area contributed by atoms with Crippen LogP contribution in [-0.2, 0) is 38.1 Å². The van der Waals surface area contributed by atoms with Gasteiger partial charge in [0.2, 0.25) is 0 Å². The van der Waals surface area contributed by atoms with Gasteiger partial charge in [-0.2, -0.15) is 0 Å². The van der Waals surface area contributed by atoms with Crippen molar-refractivity contribution in [2.75, 3.05) is 28.4 Å².